The van der Waals surface area contributed by atoms with E-state index in [0.717, 1.165) is 25.9 Å². The molecule has 0 aliphatic carbocycles. The van der Waals surface area contributed by atoms with Gasteiger partial charge in [-0.3, -0.25) is 9.69 Å². The second-order valence-electron chi connectivity index (χ2n) is 6.13. The first kappa shape index (κ1) is 15.8. The highest BCUT2D eigenvalue weighted by molar-refractivity contribution is 7.91. The van der Waals surface area contributed by atoms with Gasteiger partial charge in [-0.15, -0.1) is 0 Å². The van der Waals surface area contributed by atoms with E-state index in [1.165, 1.54) is 12.8 Å². The third kappa shape index (κ3) is 3.73. The largest absolute Gasteiger partial charge is 0.340 e. The predicted octanol–water partition coefficient (Wildman–Crippen LogP) is 0.896. The van der Waals surface area contributed by atoms with Gasteiger partial charge in [0.1, 0.15) is 0 Å². The Kier molecular flexibility index (Phi) is 5.07. The Hall–Kier alpha value is -0.620. The average Bonchev–Trinajstić information content (AvgIpc) is 2.64. The molecule has 0 radical (unpaired) electrons. The molecule has 2 aliphatic rings. The van der Waals surface area contributed by atoms with E-state index in [4.69, 9.17) is 0 Å². The number of carbonyl (C=O) groups excluding carboxylic acids is 1. The van der Waals surface area contributed by atoms with Crippen molar-refractivity contribution in [1.82, 2.24) is 9.80 Å². The number of rotatable bonds is 3. The SMILES string of the molecule is CC(C(=O)N(C)C1CCS(=O)(=O)C1)N1CCCCCC1. The summed E-state index contributed by atoms with van der Waals surface area (Å²) in [5, 5.41) is 0. The van der Waals surface area contributed by atoms with E-state index in [0.29, 0.717) is 6.42 Å². The lowest BCUT2D eigenvalue weighted by molar-refractivity contribution is -0.136. The molecule has 2 fully saturated rings. The first-order valence-corrected chi connectivity index (χ1v) is 9.44. The number of carbonyl (C=O) groups is 1. The highest BCUT2D eigenvalue weighted by Gasteiger charge is 2.35. The van der Waals surface area contributed by atoms with Gasteiger partial charge in [0.15, 0.2) is 9.84 Å². The summed E-state index contributed by atoms with van der Waals surface area (Å²) in [4.78, 5) is 16.5. The van der Waals surface area contributed by atoms with Gasteiger partial charge >= 0.3 is 0 Å². The molecule has 6 heteroatoms. The minimum Gasteiger partial charge on any atom is -0.340 e. The van der Waals surface area contributed by atoms with Crippen molar-refractivity contribution < 1.29 is 13.2 Å². The minimum atomic E-state index is -2.94. The third-order valence-electron chi connectivity index (χ3n) is 4.65. The molecule has 5 nitrogen and oxygen atoms in total. The summed E-state index contributed by atoms with van der Waals surface area (Å²) in [5.41, 5.74) is 0. The molecule has 2 atom stereocenters. The summed E-state index contributed by atoms with van der Waals surface area (Å²) in [6.45, 7) is 3.90. The van der Waals surface area contributed by atoms with Crippen molar-refractivity contribution in [3.63, 3.8) is 0 Å². The van der Waals surface area contributed by atoms with Gasteiger partial charge in [0.2, 0.25) is 5.91 Å². The number of sulfone groups is 1. The van der Waals surface area contributed by atoms with Crippen LogP contribution in [0.4, 0.5) is 0 Å². The van der Waals surface area contributed by atoms with E-state index >= 15 is 0 Å². The maximum absolute atomic E-state index is 12.5. The molecule has 1 amide bonds. The minimum absolute atomic E-state index is 0.0639. The van der Waals surface area contributed by atoms with Crippen LogP contribution >= 0.6 is 0 Å². The number of likely N-dealkylation sites (tertiary alicyclic amines) is 1. The highest BCUT2D eigenvalue weighted by atomic mass is 32.2. The number of nitrogens with zero attached hydrogens (tertiary/aromatic N) is 2. The van der Waals surface area contributed by atoms with Gasteiger partial charge in [0, 0.05) is 13.1 Å². The second kappa shape index (κ2) is 6.43. The number of likely N-dealkylation sites (N-methyl/N-ethyl adjacent to an activating group) is 1. The Morgan fingerprint density at radius 3 is 2.30 bits per heavy atom. The Balaban J connectivity index is 1.95. The summed E-state index contributed by atoms with van der Waals surface area (Å²) in [6, 6.07) is -0.275. The van der Waals surface area contributed by atoms with Crippen LogP contribution in [0.25, 0.3) is 0 Å². The van der Waals surface area contributed by atoms with Crippen LogP contribution in [0.3, 0.4) is 0 Å². The maximum Gasteiger partial charge on any atom is 0.239 e. The van der Waals surface area contributed by atoms with Crippen LogP contribution in [0, 0.1) is 0 Å². The molecule has 0 N–H and O–H groups in total. The van der Waals surface area contributed by atoms with Crippen LogP contribution in [0.1, 0.15) is 39.0 Å². The van der Waals surface area contributed by atoms with Crippen molar-refractivity contribution in [2.45, 2.75) is 51.1 Å². The van der Waals surface area contributed by atoms with Crippen molar-refractivity contribution >= 4 is 15.7 Å². The molecule has 2 saturated heterocycles. The number of amides is 1. The summed E-state index contributed by atoms with van der Waals surface area (Å²) in [7, 11) is -1.19. The average molecular weight is 302 g/mol. The van der Waals surface area contributed by atoms with Crippen LogP contribution in [-0.4, -0.2) is 67.9 Å². The van der Waals surface area contributed by atoms with E-state index < -0.39 is 9.84 Å². The smallest absolute Gasteiger partial charge is 0.239 e. The van der Waals surface area contributed by atoms with E-state index in [2.05, 4.69) is 4.90 Å². The number of hydrogen-bond acceptors (Lipinski definition) is 4. The molecule has 0 bridgehead atoms. The van der Waals surface area contributed by atoms with Crippen LogP contribution < -0.4 is 0 Å². The molecule has 116 valence electrons. The first-order chi connectivity index (χ1) is 9.41. The fourth-order valence-electron chi connectivity index (χ4n) is 3.19. The maximum atomic E-state index is 12.5. The van der Waals surface area contributed by atoms with E-state index in [9.17, 15) is 13.2 Å². The molecule has 0 aromatic rings. The van der Waals surface area contributed by atoms with Gasteiger partial charge in [0.05, 0.1) is 17.5 Å². The van der Waals surface area contributed by atoms with Gasteiger partial charge in [-0.25, -0.2) is 8.42 Å². The molecular formula is C14H26N2O3S. The van der Waals surface area contributed by atoms with Gasteiger partial charge in [0.25, 0.3) is 0 Å². The molecule has 2 aliphatic heterocycles. The van der Waals surface area contributed by atoms with E-state index in [1.807, 2.05) is 6.92 Å². The normalized spacial score (nSPS) is 28.8. The molecule has 0 aromatic heterocycles. The molecule has 2 rings (SSSR count). The molecule has 0 aromatic carbocycles. The lowest BCUT2D eigenvalue weighted by atomic mass is 10.1. The summed E-state index contributed by atoms with van der Waals surface area (Å²) < 4.78 is 23.1. The van der Waals surface area contributed by atoms with E-state index in [-0.39, 0.29) is 29.5 Å². The van der Waals surface area contributed by atoms with Gasteiger partial charge in [-0.2, -0.15) is 0 Å². The summed E-state index contributed by atoms with van der Waals surface area (Å²) in [5.74, 6) is 0.406. The number of hydrogen-bond donors (Lipinski definition) is 0. The second-order valence-corrected chi connectivity index (χ2v) is 8.36. The summed E-state index contributed by atoms with van der Waals surface area (Å²) >= 11 is 0. The van der Waals surface area contributed by atoms with Crippen molar-refractivity contribution in [3.05, 3.63) is 0 Å². The fourth-order valence-corrected chi connectivity index (χ4v) is 4.97. The van der Waals surface area contributed by atoms with Crippen LogP contribution in [-0.2, 0) is 14.6 Å². The quantitative estimate of drug-likeness (QED) is 0.777. The Labute approximate surface area is 122 Å². The fraction of sp³-hybridized carbons (Fsp3) is 0.929. The van der Waals surface area contributed by atoms with Gasteiger partial charge in [-0.05, 0) is 39.3 Å². The molecule has 0 spiro atoms. The molecule has 2 unspecified atom stereocenters. The lowest BCUT2D eigenvalue weighted by Gasteiger charge is -2.32. The Morgan fingerprint density at radius 1 is 1.20 bits per heavy atom. The van der Waals surface area contributed by atoms with Crippen LogP contribution in [0.2, 0.25) is 0 Å². The topological polar surface area (TPSA) is 57.7 Å². The third-order valence-corrected chi connectivity index (χ3v) is 6.40. The monoisotopic (exact) mass is 302 g/mol. The zero-order valence-electron chi connectivity index (χ0n) is 12.5. The van der Waals surface area contributed by atoms with Crippen molar-refractivity contribution in [1.29, 1.82) is 0 Å². The van der Waals surface area contributed by atoms with Gasteiger partial charge in [-0.1, -0.05) is 12.8 Å². The highest BCUT2D eigenvalue weighted by Crippen LogP contribution is 2.19. The van der Waals surface area contributed by atoms with Crippen molar-refractivity contribution in [2.75, 3.05) is 31.6 Å². The molecule has 20 heavy (non-hydrogen) atoms. The van der Waals surface area contributed by atoms with Crippen molar-refractivity contribution in [3.8, 4) is 0 Å². The van der Waals surface area contributed by atoms with E-state index in [1.54, 1.807) is 11.9 Å². The summed E-state index contributed by atoms with van der Waals surface area (Å²) in [6.07, 6.45) is 5.37. The predicted molar refractivity (Wildman–Crippen MR) is 79.3 cm³/mol. The van der Waals surface area contributed by atoms with Crippen LogP contribution in [0.15, 0.2) is 0 Å². The first-order valence-electron chi connectivity index (χ1n) is 7.62. The Bertz CT molecular complexity index is 441. The zero-order valence-corrected chi connectivity index (χ0v) is 13.4. The molecule has 0 saturated carbocycles. The molecular weight excluding hydrogens is 276 g/mol. The molecule has 2 heterocycles. The van der Waals surface area contributed by atoms with Gasteiger partial charge < -0.3 is 4.90 Å². The van der Waals surface area contributed by atoms with Crippen LogP contribution in [0.5, 0.6) is 0 Å². The van der Waals surface area contributed by atoms with Crippen molar-refractivity contribution in [2.24, 2.45) is 0 Å². The Morgan fingerprint density at radius 2 is 1.80 bits per heavy atom. The lowest BCUT2D eigenvalue weighted by Crippen LogP contribution is -2.49. The standard InChI is InChI=1S/C14H26N2O3S/c1-12(16-8-5-3-4-6-9-16)14(17)15(2)13-7-10-20(18,19)11-13/h12-13H,3-11H2,1-2H3. The zero-order chi connectivity index (χ0) is 14.8.